The van der Waals surface area contributed by atoms with E-state index in [1.165, 1.54) is 38.5 Å². The van der Waals surface area contributed by atoms with Crippen LogP contribution in [0, 0.1) is 47.4 Å². The van der Waals surface area contributed by atoms with Gasteiger partial charge in [-0.3, -0.25) is 0 Å². The summed E-state index contributed by atoms with van der Waals surface area (Å²) in [6, 6.07) is 0. The first-order valence-corrected chi connectivity index (χ1v) is 12.7. The Kier molecular flexibility index (Phi) is 15.4. The van der Waals surface area contributed by atoms with E-state index in [9.17, 15) is 10.2 Å². The SMILES string of the molecule is CC(C)CCCC(C)CC=CC(C)(O)C#CC#CC(C)(O)C=CCC(C)CCCC(C)C. The maximum absolute atomic E-state index is 10.4. The molecule has 0 aliphatic carbocycles. The third-order valence-electron chi connectivity index (χ3n) is 5.61. The highest BCUT2D eigenvalue weighted by Crippen LogP contribution is 2.17. The Morgan fingerprint density at radius 1 is 0.625 bits per heavy atom. The lowest BCUT2D eigenvalue weighted by Crippen LogP contribution is -2.18. The summed E-state index contributed by atoms with van der Waals surface area (Å²) in [5.74, 6) is 13.7. The average Bonchev–Trinajstić information content (AvgIpc) is 2.64. The van der Waals surface area contributed by atoms with Gasteiger partial charge in [-0.2, -0.15) is 0 Å². The van der Waals surface area contributed by atoms with Gasteiger partial charge in [0.05, 0.1) is 0 Å². The number of hydrogen-bond acceptors (Lipinski definition) is 2. The zero-order chi connectivity index (χ0) is 24.6. The number of hydrogen-bond donors (Lipinski definition) is 2. The van der Waals surface area contributed by atoms with Crippen molar-refractivity contribution in [2.45, 2.75) is 118 Å². The van der Waals surface area contributed by atoms with Gasteiger partial charge in [0, 0.05) is 0 Å². The number of allylic oxidation sites excluding steroid dienone is 2. The summed E-state index contributed by atoms with van der Waals surface area (Å²) in [5, 5.41) is 20.8. The largest absolute Gasteiger partial charge is 0.374 e. The second-order valence-electron chi connectivity index (χ2n) is 10.9. The third-order valence-corrected chi connectivity index (χ3v) is 5.61. The van der Waals surface area contributed by atoms with E-state index >= 15 is 0 Å². The highest BCUT2D eigenvalue weighted by molar-refractivity contribution is 5.35. The van der Waals surface area contributed by atoms with E-state index in [0.29, 0.717) is 11.8 Å². The van der Waals surface area contributed by atoms with E-state index in [0.717, 1.165) is 24.7 Å². The van der Waals surface area contributed by atoms with Gasteiger partial charge in [0.25, 0.3) is 0 Å². The molecule has 0 aliphatic rings. The van der Waals surface area contributed by atoms with Gasteiger partial charge < -0.3 is 10.2 Å². The minimum atomic E-state index is -1.21. The molecule has 0 bridgehead atoms. The molecular weight excluding hydrogens is 392 g/mol. The number of aliphatic hydroxyl groups is 2. The molecule has 4 unspecified atom stereocenters. The van der Waals surface area contributed by atoms with Gasteiger partial charge >= 0.3 is 0 Å². The van der Waals surface area contributed by atoms with Crippen molar-refractivity contribution >= 4 is 0 Å². The fourth-order valence-corrected chi connectivity index (χ4v) is 3.44. The molecule has 0 amide bonds. The Morgan fingerprint density at radius 3 is 1.28 bits per heavy atom. The maximum Gasteiger partial charge on any atom is 0.142 e. The van der Waals surface area contributed by atoms with Crippen LogP contribution in [0.15, 0.2) is 24.3 Å². The van der Waals surface area contributed by atoms with Gasteiger partial charge in [-0.25, -0.2) is 0 Å². The van der Waals surface area contributed by atoms with Crippen LogP contribution in [0.2, 0.25) is 0 Å². The first-order chi connectivity index (χ1) is 14.8. The molecule has 0 spiro atoms. The summed E-state index contributed by atoms with van der Waals surface area (Å²) >= 11 is 0. The second kappa shape index (κ2) is 16.2. The van der Waals surface area contributed by atoms with Crippen LogP contribution in [0.5, 0.6) is 0 Å². The van der Waals surface area contributed by atoms with Crippen molar-refractivity contribution in [3.63, 3.8) is 0 Å². The summed E-state index contributed by atoms with van der Waals surface area (Å²) in [6.45, 7) is 16.9. The lowest BCUT2D eigenvalue weighted by Gasteiger charge is -2.13. The molecule has 2 nitrogen and oxygen atoms in total. The topological polar surface area (TPSA) is 40.5 Å². The van der Waals surface area contributed by atoms with Gasteiger partial charge in [0.1, 0.15) is 11.2 Å². The molecule has 0 heterocycles. The summed E-state index contributed by atoms with van der Waals surface area (Å²) in [4.78, 5) is 0. The summed E-state index contributed by atoms with van der Waals surface area (Å²) in [7, 11) is 0. The van der Waals surface area contributed by atoms with Crippen molar-refractivity contribution in [3.05, 3.63) is 24.3 Å². The molecule has 0 aromatic rings. The van der Waals surface area contributed by atoms with Gasteiger partial charge in [-0.05, 0) is 74.4 Å². The normalized spacial score (nSPS) is 17.5. The van der Waals surface area contributed by atoms with E-state index in [2.05, 4.69) is 65.2 Å². The van der Waals surface area contributed by atoms with E-state index in [4.69, 9.17) is 0 Å². The summed E-state index contributed by atoms with van der Waals surface area (Å²) in [6.07, 6.45) is 16.9. The van der Waals surface area contributed by atoms with Crippen molar-refractivity contribution in [3.8, 4) is 23.7 Å². The molecule has 0 rings (SSSR count). The second-order valence-corrected chi connectivity index (χ2v) is 10.9. The van der Waals surface area contributed by atoms with Crippen molar-refractivity contribution in [2.24, 2.45) is 23.7 Å². The molecule has 2 N–H and O–H groups in total. The lowest BCUT2D eigenvalue weighted by molar-refractivity contribution is 0.173. The molecule has 0 radical (unpaired) electrons. The minimum absolute atomic E-state index is 0.605. The highest BCUT2D eigenvalue weighted by atomic mass is 16.3. The smallest absolute Gasteiger partial charge is 0.142 e. The fourth-order valence-electron chi connectivity index (χ4n) is 3.44. The molecule has 0 aromatic heterocycles. The van der Waals surface area contributed by atoms with Crippen LogP contribution in [0.3, 0.4) is 0 Å². The Bertz CT molecular complexity index is 611. The van der Waals surface area contributed by atoms with Crippen molar-refractivity contribution in [1.82, 2.24) is 0 Å². The van der Waals surface area contributed by atoms with Crippen LogP contribution in [0.25, 0.3) is 0 Å². The fraction of sp³-hybridized carbons (Fsp3) is 0.733. The first-order valence-electron chi connectivity index (χ1n) is 12.7. The van der Waals surface area contributed by atoms with Crippen molar-refractivity contribution in [2.75, 3.05) is 0 Å². The van der Waals surface area contributed by atoms with Crippen LogP contribution in [0.1, 0.15) is 107 Å². The number of rotatable bonds is 14. The van der Waals surface area contributed by atoms with E-state index in [1.807, 2.05) is 12.2 Å². The monoisotopic (exact) mass is 442 g/mol. The van der Waals surface area contributed by atoms with Gasteiger partial charge in [0.2, 0.25) is 0 Å². The van der Waals surface area contributed by atoms with Crippen LogP contribution in [0.4, 0.5) is 0 Å². The van der Waals surface area contributed by atoms with Gasteiger partial charge in [0.15, 0.2) is 0 Å². The molecule has 0 aromatic carbocycles. The van der Waals surface area contributed by atoms with Crippen LogP contribution in [-0.4, -0.2) is 21.4 Å². The van der Waals surface area contributed by atoms with Crippen LogP contribution < -0.4 is 0 Å². The van der Waals surface area contributed by atoms with Crippen molar-refractivity contribution in [1.29, 1.82) is 0 Å². The molecule has 182 valence electrons. The Morgan fingerprint density at radius 2 is 0.969 bits per heavy atom. The van der Waals surface area contributed by atoms with Gasteiger partial charge in [-0.1, -0.05) is 104 Å². The van der Waals surface area contributed by atoms with Crippen LogP contribution in [-0.2, 0) is 0 Å². The molecule has 2 heteroatoms. The van der Waals surface area contributed by atoms with Crippen LogP contribution >= 0.6 is 0 Å². The van der Waals surface area contributed by atoms with Crippen molar-refractivity contribution < 1.29 is 10.2 Å². The highest BCUT2D eigenvalue weighted by Gasteiger charge is 2.13. The standard InChI is InChI=1S/C30H50O2/c1-25(2)15-11-17-27(5)19-13-23-29(7,31)21-9-10-22-30(8,32)24-14-20-28(6)18-12-16-26(3)4/h13-14,23-28,31-32H,11-12,15-20H2,1-8H3. The first kappa shape index (κ1) is 30.5. The zero-order valence-corrected chi connectivity index (χ0v) is 22.2. The molecule has 4 atom stereocenters. The lowest BCUT2D eigenvalue weighted by atomic mass is 9.96. The Balaban J connectivity index is 4.52. The molecule has 0 saturated heterocycles. The predicted molar refractivity (Wildman–Crippen MR) is 140 cm³/mol. The van der Waals surface area contributed by atoms with E-state index in [-0.39, 0.29) is 0 Å². The zero-order valence-electron chi connectivity index (χ0n) is 22.2. The minimum Gasteiger partial charge on any atom is -0.374 e. The molecule has 0 aliphatic heterocycles. The molecular formula is C30H50O2. The third kappa shape index (κ3) is 19.2. The van der Waals surface area contributed by atoms with E-state index < -0.39 is 11.2 Å². The quantitative estimate of drug-likeness (QED) is 0.219. The molecule has 0 saturated carbocycles. The predicted octanol–water partition coefficient (Wildman–Crippen LogP) is 7.31. The Labute approximate surface area is 200 Å². The summed E-state index contributed by atoms with van der Waals surface area (Å²) < 4.78 is 0. The Hall–Kier alpha value is -1.48. The van der Waals surface area contributed by atoms with Gasteiger partial charge in [-0.15, -0.1) is 0 Å². The average molecular weight is 443 g/mol. The molecule has 32 heavy (non-hydrogen) atoms. The summed E-state index contributed by atoms with van der Waals surface area (Å²) in [5.41, 5.74) is -2.42. The maximum atomic E-state index is 10.4. The van der Waals surface area contributed by atoms with E-state index in [1.54, 1.807) is 26.0 Å². The molecule has 0 fully saturated rings.